The summed E-state index contributed by atoms with van der Waals surface area (Å²) >= 11 is 0. The fraction of sp³-hybridized carbons (Fsp3) is 0.158. The van der Waals surface area contributed by atoms with Crippen molar-refractivity contribution in [3.63, 3.8) is 0 Å². The van der Waals surface area contributed by atoms with Crippen molar-refractivity contribution in [2.75, 3.05) is 0 Å². The second-order valence-electron chi connectivity index (χ2n) is 5.37. The van der Waals surface area contributed by atoms with Crippen molar-refractivity contribution in [2.45, 2.75) is 19.3 Å². The monoisotopic (exact) mass is 244 g/mol. The minimum atomic E-state index is 1.08. The average molecular weight is 244 g/mol. The molecule has 0 aromatic heterocycles. The molecule has 0 spiro atoms. The Bertz CT molecular complexity index is 709. The normalized spacial score (nSPS) is 13.7. The van der Waals surface area contributed by atoms with Crippen LogP contribution in [0.4, 0.5) is 0 Å². The molecule has 0 N–H and O–H groups in total. The summed E-state index contributed by atoms with van der Waals surface area (Å²) in [5.41, 5.74) is 8.91. The number of aryl methyl sites for hydroxylation is 2. The Hall–Kier alpha value is -2.08. The predicted octanol–water partition coefficient (Wildman–Crippen LogP) is 4.48. The van der Waals surface area contributed by atoms with Crippen LogP contribution in [-0.4, -0.2) is 0 Å². The van der Waals surface area contributed by atoms with Gasteiger partial charge in [0.05, 0.1) is 0 Å². The lowest BCUT2D eigenvalue weighted by Crippen LogP contribution is -1.91. The maximum absolute atomic E-state index is 2.39. The second-order valence-corrected chi connectivity index (χ2v) is 5.37. The molecule has 0 heterocycles. The van der Waals surface area contributed by atoms with Crippen LogP contribution < -0.4 is 0 Å². The highest BCUT2D eigenvalue weighted by atomic mass is 14.2. The van der Waals surface area contributed by atoms with Crippen LogP contribution >= 0.6 is 0 Å². The molecule has 0 nitrogen and oxygen atoms in total. The highest BCUT2D eigenvalue weighted by Gasteiger charge is 2.19. The van der Waals surface area contributed by atoms with Crippen molar-refractivity contribution in [1.29, 1.82) is 0 Å². The molecule has 3 aliphatic rings. The van der Waals surface area contributed by atoms with Gasteiger partial charge in [0.25, 0.3) is 0 Å². The molecule has 0 atom stereocenters. The van der Waals surface area contributed by atoms with Gasteiger partial charge in [-0.05, 0) is 52.6 Å². The molecular weight excluding hydrogens is 228 g/mol. The maximum atomic E-state index is 2.39. The molecule has 4 rings (SSSR count). The molecule has 0 saturated carbocycles. The summed E-state index contributed by atoms with van der Waals surface area (Å²) in [6, 6.07) is 22.2. The fourth-order valence-corrected chi connectivity index (χ4v) is 3.28. The minimum absolute atomic E-state index is 1.08. The predicted molar refractivity (Wildman–Crippen MR) is 79.7 cm³/mol. The van der Waals surface area contributed by atoms with Crippen LogP contribution in [0.2, 0.25) is 0 Å². The summed E-state index contributed by atoms with van der Waals surface area (Å²) in [7, 11) is 0. The van der Waals surface area contributed by atoms with E-state index in [0.29, 0.717) is 0 Å². The third-order valence-electron chi connectivity index (χ3n) is 4.26. The average Bonchev–Trinajstić information content (AvgIpc) is 2.63. The molecular formula is C19H16. The Morgan fingerprint density at radius 2 is 1.37 bits per heavy atom. The van der Waals surface area contributed by atoms with E-state index in [4.69, 9.17) is 0 Å². The van der Waals surface area contributed by atoms with Crippen molar-refractivity contribution in [1.82, 2.24) is 0 Å². The van der Waals surface area contributed by atoms with Gasteiger partial charge in [-0.1, -0.05) is 60.7 Å². The third kappa shape index (κ3) is 1.76. The van der Waals surface area contributed by atoms with Gasteiger partial charge in [-0.15, -0.1) is 0 Å². The number of fused-ring (bicyclic) bond motifs is 4. The Balaban J connectivity index is 1.91. The first-order chi connectivity index (χ1) is 9.42. The highest BCUT2D eigenvalue weighted by molar-refractivity contribution is 5.74. The van der Waals surface area contributed by atoms with E-state index in [-0.39, 0.29) is 0 Å². The fourth-order valence-electron chi connectivity index (χ4n) is 3.28. The van der Waals surface area contributed by atoms with Gasteiger partial charge in [0.2, 0.25) is 0 Å². The smallest absolute Gasteiger partial charge is 0.00141 e. The first kappa shape index (κ1) is 10.8. The summed E-state index contributed by atoms with van der Waals surface area (Å²) < 4.78 is 0. The van der Waals surface area contributed by atoms with Crippen LogP contribution in [0.15, 0.2) is 60.7 Å². The lowest BCUT2D eigenvalue weighted by atomic mass is 9.99. The summed E-state index contributed by atoms with van der Waals surface area (Å²) in [6.07, 6.45) is 3.43. The van der Waals surface area contributed by atoms with Crippen LogP contribution in [-0.2, 0) is 19.3 Å². The zero-order chi connectivity index (χ0) is 12.7. The van der Waals surface area contributed by atoms with E-state index in [2.05, 4.69) is 60.7 Å². The molecule has 0 heteroatoms. The molecule has 1 aromatic carbocycles. The zero-order valence-electron chi connectivity index (χ0n) is 10.9. The maximum Gasteiger partial charge on any atom is -0.00141 e. The van der Waals surface area contributed by atoms with Gasteiger partial charge in [-0.3, -0.25) is 0 Å². The van der Waals surface area contributed by atoms with E-state index >= 15 is 0 Å². The van der Waals surface area contributed by atoms with Crippen LogP contribution in [0.5, 0.6) is 0 Å². The first-order valence-electron chi connectivity index (χ1n) is 6.98. The van der Waals surface area contributed by atoms with Gasteiger partial charge in [0, 0.05) is 0 Å². The van der Waals surface area contributed by atoms with Gasteiger partial charge in [0.15, 0.2) is 0 Å². The molecule has 0 unspecified atom stereocenters. The molecule has 1 aromatic rings. The molecule has 0 saturated heterocycles. The molecule has 0 aliphatic heterocycles. The van der Waals surface area contributed by atoms with Crippen molar-refractivity contribution in [2.24, 2.45) is 0 Å². The standard InChI is InChI=1S/C19H16/c1-2-8-16-12-17-11-10-14-6-4-5-7-15(14)13-19(17)18(16)9-3-1/h1-9,12H,10-11,13H2. The largest absolute Gasteiger partial charge is 0.0622 e. The Labute approximate surface area is 114 Å². The van der Waals surface area contributed by atoms with Crippen LogP contribution in [0.1, 0.15) is 22.3 Å². The Morgan fingerprint density at radius 3 is 2.32 bits per heavy atom. The van der Waals surface area contributed by atoms with Crippen molar-refractivity contribution >= 4 is 0 Å². The second kappa shape index (κ2) is 4.24. The first-order valence-corrected chi connectivity index (χ1v) is 6.98. The van der Waals surface area contributed by atoms with Gasteiger partial charge >= 0.3 is 0 Å². The van der Waals surface area contributed by atoms with E-state index in [1.165, 1.54) is 46.2 Å². The lowest BCUT2D eigenvalue weighted by Gasteiger charge is -2.06. The number of hydrogen-bond donors (Lipinski definition) is 0. The van der Waals surface area contributed by atoms with E-state index < -0.39 is 0 Å². The topological polar surface area (TPSA) is 0 Å². The van der Waals surface area contributed by atoms with Crippen LogP contribution in [0, 0.1) is 0 Å². The molecule has 0 amide bonds. The summed E-state index contributed by atoms with van der Waals surface area (Å²) in [5, 5.41) is 0. The Kier molecular flexibility index (Phi) is 2.41. The van der Waals surface area contributed by atoms with Gasteiger partial charge < -0.3 is 0 Å². The number of hydrogen-bond acceptors (Lipinski definition) is 0. The lowest BCUT2D eigenvalue weighted by molar-refractivity contribution is 0.970. The zero-order valence-corrected chi connectivity index (χ0v) is 10.9. The van der Waals surface area contributed by atoms with E-state index in [9.17, 15) is 0 Å². The number of benzene rings is 1. The molecule has 3 aliphatic carbocycles. The minimum Gasteiger partial charge on any atom is -0.0622 e. The van der Waals surface area contributed by atoms with E-state index in [1.807, 2.05) is 0 Å². The van der Waals surface area contributed by atoms with Crippen molar-refractivity contribution in [3.8, 4) is 11.1 Å². The molecule has 92 valence electrons. The van der Waals surface area contributed by atoms with Crippen LogP contribution in [0.3, 0.4) is 0 Å². The van der Waals surface area contributed by atoms with Crippen LogP contribution in [0.25, 0.3) is 11.1 Å². The van der Waals surface area contributed by atoms with E-state index in [1.54, 1.807) is 0 Å². The molecule has 0 radical (unpaired) electrons. The molecule has 19 heavy (non-hydrogen) atoms. The van der Waals surface area contributed by atoms with Crippen molar-refractivity contribution < 1.29 is 0 Å². The van der Waals surface area contributed by atoms with E-state index in [0.717, 1.165) is 6.42 Å². The SMILES string of the molecule is c1ccc2cc3c(c-2cc1)Cc1ccccc1CC3. The Morgan fingerprint density at radius 1 is 0.632 bits per heavy atom. The quantitative estimate of drug-likeness (QED) is 0.547. The molecule has 0 bridgehead atoms. The van der Waals surface area contributed by atoms with Gasteiger partial charge in [-0.25, -0.2) is 0 Å². The molecule has 0 fully saturated rings. The highest BCUT2D eigenvalue weighted by Crippen LogP contribution is 2.36. The summed E-state index contributed by atoms with van der Waals surface area (Å²) in [4.78, 5) is 0. The van der Waals surface area contributed by atoms with Gasteiger partial charge in [0.1, 0.15) is 0 Å². The summed E-state index contributed by atoms with van der Waals surface area (Å²) in [5.74, 6) is 0. The third-order valence-corrected chi connectivity index (χ3v) is 4.26. The van der Waals surface area contributed by atoms with Crippen molar-refractivity contribution in [3.05, 3.63) is 82.9 Å². The van der Waals surface area contributed by atoms with Gasteiger partial charge in [-0.2, -0.15) is 0 Å². The number of rotatable bonds is 0. The summed E-state index contributed by atoms with van der Waals surface area (Å²) in [6.45, 7) is 0.